The summed E-state index contributed by atoms with van der Waals surface area (Å²) in [6.07, 6.45) is 0.803. The zero-order valence-electron chi connectivity index (χ0n) is 14.9. The summed E-state index contributed by atoms with van der Waals surface area (Å²) >= 11 is 1.24. The summed E-state index contributed by atoms with van der Waals surface area (Å²) in [4.78, 5) is 23.5. The summed E-state index contributed by atoms with van der Waals surface area (Å²) < 4.78 is 1.85. The number of nitrogens with one attached hydrogen (secondary N) is 2. The van der Waals surface area contributed by atoms with Crippen LogP contribution >= 0.6 is 11.8 Å². The van der Waals surface area contributed by atoms with Crippen LogP contribution in [0.2, 0.25) is 0 Å². The van der Waals surface area contributed by atoms with Gasteiger partial charge in [0, 0.05) is 18.7 Å². The van der Waals surface area contributed by atoms with E-state index in [1.807, 2.05) is 56.7 Å². The molecule has 1 aromatic heterocycles. The molecule has 1 aromatic carbocycles. The summed E-state index contributed by atoms with van der Waals surface area (Å²) in [5.41, 5.74) is 2.11. The molecule has 2 rings (SSSR count). The fourth-order valence-electron chi connectivity index (χ4n) is 2.15. The van der Waals surface area contributed by atoms with Crippen LogP contribution in [0.4, 0.5) is 4.79 Å². The van der Waals surface area contributed by atoms with Gasteiger partial charge < -0.3 is 9.88 Å². The number of aromatic nitrogens is 3. The van der Waals surface area contributed by atoms with Gasteiger partial charge in [-0.3, -0.25) is 10.1 Å². The zero-order chi connectivity index (χ0) is 18.4. The molecule has 25 heavy (non-hydrogen) atoms. The predicted molar refractivity (Wildman–Crippen MR) is 98.3 cm³/mol. The van der Waals surface area contributed by atoms with E-state index in [1.54, 1.807) is 0 Å². The number of benzene rings is 1. The number of rotatable bonds is 6. The van der Waals surface area contributed by atoms with Gasteiger partial charge >= 0.3 is 6.03 Å². The number of thioether (sulfide) groups is 1. The number of nitrogens with zero attached hydrogens (tertiary/aromatic N) is 3. The van der Waals surface area contributed by atoms with Gasteiger partial charge in [0.05, 0.1) is 5.75 Å². The highest BCUT2D eigenvalue weighted by atomic mass is 32.2. The summed E-state index contributed by atoms with van der Waals surface area (Å²) in [7, 11) is 1.86. The molecule has 134 valence electrons. The number of hydrogen-bond donors (Lipinski definition) is 2. The normalized spacial score (nSPS) is 11.8. The molecule has 0 fully saturated rings. The molecule has 3 amide bonds. The average molecular weight is 361 g/mol. The topological polar surface area (TPSA) is 88.9 Å². The van der Waals surface area contributed by atoms with Crippen molar-refractivity contribution in [2.45, 2.75) is 38.4 Å². The van der Waals surface area contributed by atoms with Crippen molar-refractivity contribution in [2.75, 3.05) is 5.75 Å². The Morgan fingerprint density at radius 1 is 1.28 bits per heavy atom. The summed E-state index contributed by atoms with van der Waals surface area (Å²) in [6.45, 7) is 5.86. The Kier molecular flexibility index (Phi) is 6.58. The van der Waals surface area contributed by atoms with E-state index in [2.05, 4.69) is 20.8 Å². The molecule has 8 heteroatoms. The maximum atomic E-state index is 11.9. The highest BCUT2D eigenvalue weighted by Crippen LogP contribution is 2.24. The van der Waals surface area contributed by atoms with E-state index in [9.17, 15) is 9.59 Å². The minimum absolute atomic E-state index is 0.0239. The minimum Gasteiger partial charge on any atom is -0.335 e. The van der Waals surface area contributed by atoms with Gasteiger partial charge in [0.25, 0.3) is 0 Å². The van der Waals surface area contributed by atoms with E-state index in [1.165, 1.54) is 11.8 Å². The van der Waals surface area contributed by atoms with Crippen LogP contribution in [0.25, 0.3) is 11.4 Å². The van der Waals surface area contributed by atoms with E-state index < -0.39 is 6.03 Å². The molecule has 0 aliphatic heterocycles. The SMILES string of the molecule is CC[C@H](C)NC(=O)NC(=O)CSc1nnc(-c2ccccc2C)n1C. The second-order valence-corrected chi connectivity index (χ2v) is 6.74. The Bertz CT molecular complexity index is 759. The number of carbonyl (C=O) groups excluding carboxylic acids is 2. The first kappa shape index (κ1) is 19.0. The van der Waals surface area contributed by atoms with Crippen LogP contribution in [0.3, 0.4) is 0 Å². The predicted octanol–water partition coefficient (Wildman–Crippen LogP) is 2.51. The van der Waals surface area contributed by atoms with Crippen molar-refractivity contribution < 1.29 is 9.59 Å². The summed E-state index contributed by atoms with van der Waals surface area (Å²) in [5, 5.41) is 14.0. The molecule has 0 aliphatic carbocycles. The summed E-state index contributed by atoms with van der Waals surface area (Å²) in [6, 6.07) is 7.47. The lowest BCUT2D eigenvalue weighted by atomic mass is 10.1. The quantitative estimate of drug-likeness (QED) is 0.772. The first-order valence-corrected chi connectivity index (χ1v) is 9.09. The van der Waals surface area contributed by atoms with Gasteiger partial charge in [0.15, 0.2) is 11.0 Å². The highest BCUT2D eigenvalue weighted by molar-refractivity contribution is 7.99. The number of hydrogen-bond acceptors (Lipinski definition) is 5. The Morgan fingerprint density at radius 3 is 2.68 bits per heavy atom. The van der Waals surface area contributed by atoms with Crippen LogP contribution in [-0.4, -0.2) is 38.5 Å². The first-order valence-electron chi connectivity index (χ1n) is 8.10. The van der Waals surface area contributed by atoms with Gasteiger partial charge in [-0.05, 0) is 25.8 Å². The second-order valence-electron chi connectivity index (χ2n) is 5.80. The number of amides is 3. The summed E-state index contributed by atoms with van der Waals surface area (Å²) in [5.74, 6) is 0.468. The van der Waals surface area contributed by atoms with Gasteiger partial charge in [-0.15, -0.1) is 10.2 Å². The van der Waals surface area contributed by atoms with Crippen LogP contribution in [0.1, 0.15) is 25.8 Å². The van der Waals surface area contributed by atoms with E-state index in [0.717, 1.165) is 23.4 Å². The van der Waals surface area contributed by atoms with E-state index >= 15 is 0 Å². The third-order valence-electron chi connectivity index (χ3n) is 3.80. The van der Waals surface area contributed by atoms with Gasteiger partial charge in [0.2, 0.25) is 5.91 Å². The molecular formula is C17H23N5O2S. The van der Waals surface area contributed by atoms with Crippen LogP contribution in [0.5, 0.6) is 0 Å². The van der Waals surface area contributed by atoms with E-state index in [-0.39, 0.29) is 17.7 Å². The van der Waals surface area contributed by atoms with Gasteiger partial charge in [-0.25, -0.2) is 4.79 Å². The zero-order valence-corrected chi connectivity index (χ0v) is 15.7. The lowest BCUT2D eigenvalue weighted by Gasteiger charge is -2.11. The van der Waals surface area contributed by atoms with E-state index in [0.29, 0.717) is 5.16 Å². The smallest absolute Gasteiger partial charge is 0.321 e. The van der Waals surface area contributed by atoms with Crippen LogP contribution in [0.15, 0.2) is 29.4 Å². The van der Waals surface area contributed by atoms with Crippen LogP contribution in [0, 0.1) is 6.92 Å². The Morgan fingerprint density at radius 2 is 2.00 bits per heavy atom. The van der Waals surface area contributed by atoms with Crippen molar-refractivity contribution in [2.24, 2.45) is 7.05 Å². The number of imide groups is 1. The fourth-order valence-corrected chi connectivity index (χ4v) is 2.86. The van der Waals surface area contributed by atoms with Gasteiger partial charge in [-0.2, -0.15) is 0 Å². The monoisotopic (exact) mass is 361 g/mol. The highest BCUT2D eigenvalue weighted by Gasteiger charge is 2.15. The molecule has 2 N–H and O–H groups in total. The molecule has 0 saturated carbocycles. The van der Waals surface area contributed by atoms with Crippen molar-refractivity contribution >= 4 is 23.7 Å². The second kappa shape index (κ2) is 8.66. The molecule has 0 aliphatic rings. The molecule has 0 unspecified atom stereocenters. The molecule has 0 bridgehead atoms. The molecule has 0 spiro atoms. The maximum absolute atomic E-state index is 11.9. The van der Waals surface area contributed by atoms with Crippen LogP contribution < -0.4 is 10.6 Å². The van der Waals surface area contributed by atoms with Gasteiger partial charge in [-0.1, -0.05) is 43.0 Å². The van der Waals surface area contributed by atoms with E-state index in [4.69, 9.17) is 0 Å². The molecule has 0 saturated heterocycles. The van der Waals surface area contributed by atoms with Crippen molar-refractivity contribution in [3.05, 3.63) is 29.8 Å². The van der Waals surface area contributed by atoms with Crippen LogP contribution in [-0.2, 0) is 11.8 Å². The Balaban J connectivity index is 1.95. The number of aryl methyl sites for hydroxylation is 1. The maximum Gasteiger partial charge on any atom is 0.321 e. The van der Waals surface area contributed by atoms with Crippen molar-refractivity contribution in [1.82, 2.24) is 25.4 Å². The Hall–Kier alpha value is -2.35. The first-order chi connectivity index (χ1) is 11.9. The number of urea groups is 1. The molecule has 7 nitrogen and oxygen atoms in total. The molecule has 1 heterocycles. The third-order valence-corrected chi connectivity index (χ3v) is 4.82. The van der Waals surface area contributed by atoms with Crippen molar-refractivity contribution in [3.63, 3.8) is 0 Å². The largest absolute Gasteiger partial charge is 0.335 e. The minimum atomic E-state index is -0.474. The van der Waals surface area contributed by atoms with Crippen molar-refractivity contribution in [1.29, 1.82) is 0 Å². The molecule has 0 radical (unpaired) electrons. The average Bonchev–Trinajstić information content (AvgIpc) is 2.93. The standard InChI is InChI=1S/C17H23N5O2S/c1-5-12(3)18-16(24)19-14(23)10-25-17-21-20-15(22(17)4)13-9-7-6-8-11(13)2/h6-9,12H,5,10H2,1-4H3,(H2,18,19,23,24)/t12-/m0/s1. The van der Waals surface area contributed by atoms with Crippen molar-refractivity contribution in [3.8, 4) is 11.4 Å². The van der Waals surface area contributed by atoms with Gasteiger partial charge in [0.1, 0.15) is 0 Å². The third kappa shape index (κ3) is 5.06. The molecule has 2 aromatic rings. The molecule has 1 atom stereocenters. The Labute approximate surface area is 151 Å². The lowest BCUT2D eigenvalue weighted by molar-refractivity contribution is -0.117. The number of carbonyl (C=O) groups is 2. The molecular weight excluding hydrogens is 338 g/mol. The fraction of sp³-hybridized carbons (Fsp3) is 0.412. The lowest BCUT2D eigenvalue weighted by Crippen LogP contribution is -2.43.